The first-order valence-electron chi connectivity index (χ1n) is 7.08. The molecule has 0 amide bonds. The van der Waals surface area contributed by atoms with Gasteiger partial charge < -0.3 is 10.5 Å². The SMILES string of the molecule is COc1ccc(CC(N)Cc2nc(C(C)(C)C)cs2)cn1. The summed E-state index contributed by atoms with van der Waals surface area (Å²) < 4.78 is 5.05. The van der Waals surface area contributed by atoms with Crippen molar-refractivity contribution in [2.75, 3.05) is 7.11 Å². The molecule has 0 saturated heterocycles. The second kappa shape index (κ2) is 6.54. The Morgan fingerprint density at radius 1 is 1.29 bits per heavy atom. The quantitative estimate of drug-likeness (QED) is 0.922. The molecule has 114 valence electrons. The lowest BCUT2D eigenvalue weighted by Crippen LogP contribution is -2.25. The summed E-state index contributed by atoms with van der Waals surface area (Å²) in [5.74, 6) is 0.627. The summed E-state index contributed by atoms with van der Waals surface area (Å²) in [6.45, 7) is 6.53. The molecule has 0 fully saturated rings. The van der Waals surface area contributed by atoms with Crippen LogP contribution in [0.2, 0.25) is 0 Å². The van der Waals surface area contributed by atoms with Gasteiger partial charge in [0, 0.05) is 35.5 Å². The molecule has 21 heavy (non-hydrogen) atoms. The summed E-state index contributed by atoms with van der Waals surface area (Å²) in [6, 6.07) is 3.93. The number of hydrogen-bond donors (Lipinski definition) is 1. The Labute approximate surface area is 130 Å². The van der Waals surface area contributed by atoms with Gasteiger partial charge in [-0.05, 0) is 12.0 Å². The third-order valence-corrected chi connectivity index (χ3v) is 4.13. The molecule has 1 atom stereocenters. The van der Waals surface area contributed by atoms with Crippen LogP contribution in [0.25, 0.3) is 0 Å². The molecule has 1 unspecified atom stereocenters. The molecule has 0 aromatic carbocycles. The Bertz CT molecular complexity index is 572. The van der Waals surface area contributed by atoms with Crippen molar-refractivity contribution in [1.82, 2.24) is 9.97 Å². The molecule has 5 heteroatoms. The number of rotatable bonds is 5. The van der Waals surface area contributed by atoms with Crippen molar-refractivity contribution in [3.8, 4) is 5.88 Å². The zero-order valence-corrected chi connectivity index (χ0v) is 13.9. The number of ether oxygens (including phenoxy) is 1. The third kappa shape index (κ3) is 4.51. The second-order valence-electron chi connectivity index (χ2n) is 6.25. The van der Waals surface area contributed by atoms with Gasteiger partial charge in [0.25, 0.3) is 0 Å². The highest BCUT2D eigenvalue weighted by Crippen LogP contribution is 2.24. The zero-order valence-electron chi connectivity index (χ0n) is 13.1. The number of nitrogens with two attached hydrogens (primary N) is 1. The van der Waals surface area contributed by atoms with Crippen molar-refractivity contribution in [1.29, 1.82) is 0 Å². The Kier molecular flexibility index (Phi) is 4.96. The minimum atomic E-state index is 0.0548. The maximum atomic E-state index is 6.23. The van der Waals surface area contributed by atoms with Gasteiger partial charge in [0.05, 0.1) is 17.8 Å². The van der Waals surface area contributed by atoms with Crippen molar-refractivity contribution >= 4 is 11.3 Å². The van der Waals surface area contributed by atoms with E-state index in [0.29, 0.717) is 5.88 Å². The molecule has 0 bridgehead atoms. The van der Waals surface area contributed by atoms with Gasteiger partial charge in [0.15, 0.2) is 0 Å². The molecule has 0 spiro atoms. The lowest BCUT2D eigenvalue weighted by Gasteiger charge is -2.14. The molecule has 2 N–H and O–H groups in total. The van der Waals surface area contributed by atoms with E-state index >= 15 is 0 Å². The van der Waals surface area contributed by atoms with E-state index in [0.717, 1.165) is 29.1 Å². The number of aromatic nitrogens is 2. The van der Waals surface area contributed by atoms with Crippen LogP contribution < -0.4 is 10.5 Å². The molecule has 0 saturated carbocycles. The van der Waals surface area contributed by atoms with Crippen molar-refractivity contribution in [2.45, 2.75) is 45.1 Å². The predicted octanol–water partition coefficient (Wildman–Crippen LogP) is 2.96. The first kappa shape index (κ1) is 15.9. The van der Waals surface area contributed by atoms with E-state index in [1.165, 1.54) is 0 Å². The fourth-order valence-corrected chi connectivity index (χ4v) is 3.12. The molecular weight excluding hydrogens is 282 g/mol. The number of pyridine rings is 1. The topological polar surface area (TPSA) is 61.0 Å². The summed E-state index contributed by atoms with van der Waals surface area (Å²) in [4.78, 5) is 8.90. The summed E-state index contributed by atoms with van der Waals surface area (Å²) in [7, 11) is 1.61. The molecule has 0 aliphatic rings. The van der Waals surface area contributed by atoms with Gasteiger partial charge in [-0.15, -0.1) is 11.3 Å². The van der Waals surface area contributed by atoms with Crippen LogP contribution in [0, 0.1) is 0 Å². The van der Waals surface area contributed by atoms with Gasteiger partial charge in [-0.1, -0.05) is 26.8 Å². The minimum absolute atomic E-state index is 0.0548. The Balaban J connectivity index is 1.94. The molecule has 4 nitrogen and oxygen atoms in total. The van der Waals surface area contributed by atoms with Crippen LogP contribution in [0.5, 0.6) is 5.88 Å². The normalized spacial score (nSPS) is 13.2. The maximum Gasteiger partial charge on any atom is 0.212 e. The predicted molar refractivity (Wildman–Crippen MR) is 87.0 cm³/mol. The molecule has 0 radical (unpaired) electrons. The Morgan fingerprint density at radius 2 is 2.05 bits per heavy atom. The van der Waals surface area contributed by atoms with Crippen LogP contribution in [0.15, 0.2) is 23.7 Å². The molecular formula is C16H23N3OS. The first-order valence-corrected chi connectivity index (χ1v) is 7.96. The second-order valence-corrected chi connectivity index (χ2v) is 7.20. The molecule has 0 aliphatic carbocycles. The lowest BCUT2D eigenvalue weighted by atomic mass is 9.93. The lowest BCUT2D eigenvalue weighted by molar-refractivity contribution is 0.397. The van der Waals surface area contributed by atoms with E-state index in [-0.39, 0.29) is 11.5 Å². The molecule has 2 rings (SSSR count). The number of thiazole rings is 1. The largest absolute Gasteiger partial charge is 0.481 e. The number of nitrogens with zero attached hydrogens (tertiary/aromatic N) is 2. The van der Waals surface area contributed by atoms with Crippen molar-refractivity contribution in [3.05, 3.63) is 40.0 Å². The summed E-state index contributed by atoms with van der Waals surface area (Å²) >= 11 is 1.69. The maximum absolute atomic E-state index is 6.23. The van der Waals surface area contributed by atoms with Crippen LogP contribution in [-0.2, 0) is 18.3 Å². The van der Waals surface area contributed by atoms with Crippen molar-refractivity contribution in [2.24, 2.45) is 5.73 Å². The fourth-order valence-electron chi connectivity index (χ4n) is 2.00. The average Bonchev–Trinajstić information content (AvgIpc) is 2.88. The third-order valence-electron chi connectivity index (χ3n) is 3.26. The van der Waals surface area contributed by atoms with E-state index < -0.39 is 0 Å². The van der Waals surface area contributed by atoms with Crippen LogP contribution in [0.4, 0.5) is 0 Å². The Morgan fingerprint density at radius 3 is 2.57 bits per heavy atom. The summed E-state index contributed by atoms with van der Waals surface area (Å²) in [5.41, 5.74) is 8.59. The van der Waals surface area contributed by atoms with E-state index in [1.807, 2.05) is 18.3 Å². The highest BCUT2D eigenvalue weighted by molar-refractivity contribution is 7.09. The van der Waals surface area contributed by atoms with Crippen LogP contribution >= 0.6 is 11.3 Å². The molecule has 0 aliphatic heterocycles. The Hall–Kier alpha value is -1.46. The monoisotopic (exact) mass is 305 g/mol. The van der Waals surface area contributed by atoms with Gasteiger partial charge >= 0.3 is 0 Å². The summed E-state index contributed by atoms with van der Waals surface area (Å²) in [5, 5.41) is 3.24. The first-order chi connectivity index (χ1) is 9.88. The van der Waals surface area contributed by atoms with Crippen molar-refractivity contribution in [3.63, 3.8) is 0 Å². The highest BCUT2D eigenvalue weighted by Gasteiger charge is 2.18. The average molecular weight is 305 g/mol. The number of methoxy groups -OCH3 is 1. The van der Waals surface area contributed by atoms with Crippen LogP contribution in [-0.4, -0.2) is 23.1 Å². The van der Waals surface area contributed by atoms with Gasteiger partial charge in [0.2, 0.25) is 5.88 Å². The molecule has 2 aromatic heterocycles. The summed E-state index contributed by atoms with van der Waals surface area (Å²) in [6.07, 6.45) is 3.41. The zero-order chi connectivity index (χ0) is 15.5. The van der Waals surface area contributed by atoms with E-state index in [1.54, 1.807) is 18.4 Å². The fraction of sp³-hybridized carbons (Fsp3) is 0.500. The molecule has 2 heterocycles. The minimum Gasteiger partial charge on any atom is -0.481 e. The molecule has 2 aromatic rings. The van der Waals surface area contributed by atoms with Gasteiger partial charge in [0.1, 0.15) is 0 Å². The van der Waals surface area contributed by atoms with Crippen LogP contribution in [0.3, 0.4) is 0 Å². The van der Waals surface area contributed by atoms with E-state index in [4.69, 9.17) is 15.5 Å². The van der Waals surface area contributed by atoms with E-state index in [9.17, 15) is 0 Å². The van der Waals surface area contributed by atoms with Gasteiger partial charge in [-0.3, -0.25) is 0 Å². The van der Waals surface area contributed by atoms with Crippen molar-refractivity contribution < 1.29 is 4.74 Å². The number of hydrogen-bond acceptors (Lipinski definition) is 5. The standard InChI is InChI=1S/C16H23N3OS/c1-16(2,3)13-10-21-15(19-13)8-12(17)7-11-5-6-14(20-4)18-9-11/h5-6,9-10,12H,7-8,17H2,1-4H3. The highest BCUT2D eigenvalue weighted by atomic mass is 32.1. The van der Waals surface area contributed by atoms with Gasteiger partial charge in [-0.2, -0.15) is 0 Å². The van der Waals surface area contributed by atoms with E-state index in [2.05, 4.69) is 31.1 Å². The smallest absolute Gasteiger partial charge is 0.212 e. The van der Waals surface area contributed by atoms with Gasteiger partial charge in [-0.25, -0.2) is 9.97 Å². The van der Waals surface area contributed by atoms with Crippen LogP contribution in [0.1, 0.15) is 37.0 Å².